The molecule has 0 aromatic heterocycles. The molecule has 2 rings (SSSR count). The number of hydrogen-bond donors (Lipinski definition) is 1. The van der Waals surface area contributed by atoms with Crippen LogP contribution in [0.25, 0.3) is 0 Å². The highest BCUT2D eigenvalue weighted by molar-refractivity contribution is 14.1. The van der Waals surface area contributed by atoms with E-state index in [9.17, 15) is 9.90 Å². The van der Waals surface area contributed by atoms with Crippen LogP contribution in [0.15, 0.2) is 12.1 Å². The molecular formula is C10H9IO2. The van der Waals surface area contributed by atoms with Crippen LogP contribution in [-0.4, -0.2) is 10.9 Å². The average Bonchev–Trinajstić information content (AvgIpc) is 2.07. The van der Waals surface area contributed by atoms with E-state index in [0.717, 1.165) is 27.5 Å². The van der Waals surface area contributed by atoms with Crippen LogP contribution in [0.3, 0.4) is 0 Å². The fourth-order valence-corrected chi connectivity index (χ4v) is 2.56. The van der Waals surface area contributed by atoms with E-state index >= 15 is 0 Å². The Kier molecular flexibility index (Phi) is 2.27. The largest absolute Gasteiger partial charge is 0.508 e. The zero-order chi connectivity index (χ0) is 9.42. The number of hydrogen-bond acceptors (Lipinski definition) is 2. The fraction of sp³-hybridized carbons (Fsp3) is 0.300. The number of halogens is 1. The second kappa shape index (κ2) is 3.29. The van der Waals surface area contributed by atoms with Crippen molar-refractivity contribution in [1.29, 1.82) is 0 Å². The maximum atomic E-state index is 11.5. The number of phenolic OH excluding ortho intramolecular Hbond substituents is 1. The van der Waals surface area contributed by atoms with Gasteiger partial charge in [-0.1, -0.05) is 0 Å². The first-order chi connectivity index (χ1) is 6.18. The van der Waals surface area contributed by atoms with Gasteiger partial charge in [-0.25, -0.2) is 0 Å². The molecule has 0 bridgehead atoms. The minimum atomic E-state index is 0.162. The molecule has 2 nitrogen and oxygen atoms in total. The molecule has 1 N–H and O–H groups in total. The molecule has 1 aromatic rings. The Hall–Kier alpha value is -0.580. The number of carbonyl (C=O) groups is 1. The normalized spacial score (nSPS) is 15.6. The Balaban J connectivity index is 2.63. The van der Waals surface area contributed by atoms with Crippen LogP contribution in [0.4, 0.5) is 0 Å². The number of Topliss-reactive ketones (excluding diaryl/α,β-unsaturated/α-hetero) is 1. The van der Waals surface area contributed by atoms with Crippen molar-refractivity contribution in [2.75, 3.05) is 0 Å². The quantitative estimate of drug-likeness (QED) is 0.745. The van der Waals surface area contributed by atoms with Crippen molar-refractivity contribution in [2.45, 2.75) is 19.3 Å². The van der Waals surface area contributed by atoms with Crippen LogP contribution >= 0.6 is 22.6 Å². The van der Waals surface area contributed by atoms with Crippen molar-refractivity contribution < 1.29 is 9.90 Å². The molecular weight excluding hydrogens is 279 g/mol. The Morgan fingerprint density at radius 2 is 2.08 bits per heavy atom. The second-order valence-corrected chi connectivity index (χ2v) is 4.39. The first-order valence-corrected chi connectivity index (χ1v) is 5.31. The van der Waals surface area contributed by atoms with E-state index in [4.69, 9.17) is 0 Å². The van der Waals surface area contributed by atoms with E-state index in [1.54, 1.807) is 12.1 Å². The molecule has 68 valence electrons. The average molecular weight is 288 g/mol. The summed E-state index contributed by atoms with van der Waals surface area (Å²) in [7, 11) is 0. The zero-order valence-corrected chi connectivity index (χ0v) is 9.17. The van der Waals surface area contributed by atoms with Gasteiger partial charge in [-0.3, -0.25) is 4.79 Å². The third-order valence-electron chi connectivity index (χ3n) is 2.31. The van der Waals surface area contributed by atoms with Gasteiger partial charge in [-0.2, -0.15) is 0 Å². The summed E-state index contributed by atoms with van der Waals surface area (Å²) in [5, 5.41) is 9.33. The lowest BCUT2D eigenvalue weighted by molar-refractivity contribution is 0.0972. The Labute approximate surface area is 90.1 Å². The van der Waals surface area contributed by atoms with Gasteiger partial charge in [-0.15, -0.1) is 0 Å². The molecule has 0 heterocycles. The Morgan fingerprint density at radius 3 is 2.85 bits per heavy atom. The van der Waals surface area contributed by atoms with E-state index < -0.39 is 0 Å². The molecule has 0 radical (unpaired) electrons. The minimum absolute atomic E-state index is 0.162. The highest BCUT2D eigenvalue weighted by Crippen LogP contribution is 2.29. The Bertz CT molecular complexity index is 371. The van der Waals surface area contributed by atoms with Crippen molar-refractivity contribution >= 4 is 28.4 Å². The van der Waals surface area contributed by atoms with Crippen molar-refractivity contribution in [1.82, 2.24) is 0 Å². The van der Waals surface area contributed by atoms with Crippen LogP contribution in [-0.2, 0) is 6.42 Å². The van der Waals surface area contributed by atoms with E-state index in [1.165, 1.54) is 0 Å². The molecule has 0 amide bonds. The van der Waals surface area contributed by atoms with Crippen molar-refractivity contribution in [3.05, 3.63) is 26.8 Å². The van der Waals surface area contributed by atoms with Crippen molar-refractivity contribution in [3.8, 4) is 5.75 Å². The van der Waals surface area contributed by atoms with Gasteiger partial charge in [0.25, 0.3) is 0 Å². The summed E-state index contributed by atoms with van der Waals surface area (Å²) < 4.78 is 1.00. The third kappa shape index (κ3) is 1.57. The molecule has 1 aliphatic carbocycles. The number of carbonyl (C=O) groups excluding carboxylic acids is 1. The number of rotatable bonds is 0. The van der Waals surface area contributed by atoms with Gasteiger partial charge in [0, 0.05) is 15.6 Å². The molecule has 0 spiro atoms. The molecule has 0 aliphatic heterocycles. The highest BCUT2D eigenvalue weighted by Gasteiger charge is 2.19. The first kappa shape index (κ1) is 8.99. The van der Waals surface area contributed by atoms with E-state index in [0.29, 0.717) is 6.42 Å². The van der Waals surface area contributed by atoms with Gasteiger partial charge in [-0.05, 0) is 53.1 Å². The van der Waals surface area contributed by atoms with Gasteiger partial charge in [0.15, 0.2) is 5.78 Å². The molecule has 0 saturated carbocycles. The predicted octanol–water partition coefficient (Wildman–Crippen LogP) is 2.52. The van der Waals surface area contributed by atoms with Crippen molar-refractivity contribution in [2.24, 2.45) is 0 Å². The van der Waals surface area contributed by atoms with Crippen LogP contribution in [0.2, 0.25) is 0 Å². The first-order valence-electron chi connectivity index (χ1n) is 4.23. The minimum Gasteiger partial charge on any atom is -0.508 e. The number of benzene rings is 1. The molecule has 0 atom stereocenters. The summed E-state index contributed by atoms with van der Waals surface area (Å²) in [4.78, 5) is 11.5. The number of ketones is 1. The summed E-state index contributed by atoms with van der Waals surface area (Å²) in [5.41, 5.74) is 1.82. The molecule has 1 aromatic carbocycles. The fourth-order valence-electron chi connectivity index (χ4n) is 1.69. The van der Waals surface area contributed by atoms with Crippen molar-refractivity contribution in [3.63, 3.8) is 0 Å². The highest BCUT2D eigenvalue weighted by atomic mass is 127. The van der Waals surface area contributed by atoms with Gasteiger partial charge in [0.2, 0.25) is 0 Å². The maximum Gasteiger partial charge on any atom is 0.163 e. The monoisotopic (exact) mass is 288 g/mol. The molecule has 3 heteroatoms. The maximum absolute atomic E-state index is 11.5. The smallest absolute Gasteiger partial charge is 0.163 e. The summed E-state index contributed by atoms with van der Waals surface area (Å²) in [6.45, 7) is 0. The van der Waals surface area contributed by atoms with Gasteiger partial charge in [0.1, 0.15) is 5.75 Å². The summed E-state index contributed by atoms with van der Waals surface area (Å²) in [5.74, 6) is 0.355. The number of phenols is 1. The number of aromatic hydroxyl groups is 1. The lowest BCUT2D eigenvalue weighted by atomic mass is 9.91. The van der Waals surface area contributed by atoms with E-state index in [-0.39, 0.29) is 11.5 Å². The standard InChI is InChI=1S/C10H9IO2/c11-9-5-6(12)4-8-7(9)2-1-3-10(8)13/h4-5,12H,1-3H2. The molecule has 1 aliphatic rings. The van der Waals surface area contributed by atoms with Crippen LogP contribution in [0.5, 0.6) is 5.75 Å². The molecule has 13 heavy (non-hydrogen) atoms. The predicted molar refractivity (Wildman–Crippen MR) is 58.1 cm³/mol. The summed E-state index contributed by atoms with van der Waals surface area (Å²) in [6, 6.07) is 3.29. The van der Waals surface area contributed by atoms with Crippen LogP contribution in [0, 0.1) is 3.57 Å². The van der Waals surface area contributed by atoms with Gasteiger partial charge < -0.3 is 5.11 Å². The lowest BCUT2D eigenvalue weighted by Gasteiger charge is -2.16. The van der Waals surface area contributed by atoms with Gasteiger partial charge in [0.05, 0.1) is 0 Å². The zero-order valence-electron chi connectivity index (χ0n) is 7.01. The SMILES string of the molecule is O=C1CCCc2c(I)cc(O)cc21. The summed E-state index contributed by atoms with van der Waals surface area (Å²) >= 11 is 2.17. The summed E-state index contributed by atoms with van der Waals surface area (Å²) in [6.07, 6.45) is 2.51. The van der Waals surface area contributed by atoms with Crippen LogP contribution < -0.4 is 0 Å². The Morgan fingerprint density at radius 1 is 1.31 bits per heavy atom. The second-order valence-electron chi connectivity index (χ2n) is 3.23. The van der Waals surface area contributed by atoms with Gasteiger partial charge >= 0.3 is 0 Å². The lowest BCUT2D eigenvalue weighted by Crippen LogP contribution is -2.11. The molecule has 0 saturated heterocycles. The topological polar surface area (TPSA) is 37.3 Å². The van der Waals surface area contributed by atoms with E-state index in [2.05, 4.69) is 22.6 Å². The molecule has 0 fully saturated rings. The van der Waals surface area contributed by atoms with E-state index in [1.807, 2.05) is 0 Å². The number of fused-ring (bicyclic) bond motifs is 1. The molecule has 0 unspecified atom stereocenters. The van der Waals surface area contributed by atoms with Crippen LogP contribution in [0.1, 0.15) is 28.8 Å². The third-order valence-corrected chi connectivity index (χ3v) is 3.27.